The Morgan fingerprint density at radius 1 is 1.36 bits per heavy atom. The number of hydrogen-bond donors (Lipinski definition) is 3. The number of hydrazine groups is 1. The highest BCUT2D eigenvalue weighted by atomic mass is 15.2. The minimum Gasteiger partial charge on any atom is -0.330 e. The Morgan fingerprint density at radius 3 is 2.55 bits per heavy atom. The van der Waals surface area contributed by atoms with Crippen LogP contribution >= 0.6 is 0 Å². The molecule has 0 bridgehead atoms. The van der Waals surface area contributed by atoms with Gasteiger partial charge in [0.25, 0.3) is 0 Å². The van der Waals surface area contributed by atoms with Gasteiger partial charge in [-0.15, -0.1) is 0 Å². The minimum atomic E-state index is 0.728. The average molecular weight is 159 g/mol. The van der Waals surface area contributed by atoms with Crippen molar-refractivity contribution in [1.29, 1.82) is 0 Å². The quantitative estimate of drug-likeness (QED) is 0.290. The van der Waals surface area contributed by atoms with E-state index in [4.69, 9.17) is 11.6 Å². The average Bonchev–Trinajstić information content (AvgIpc) is 2.03. The van der Waals surface area contributed by atoms with Crippen LogP contribution in [-0.2, 0) is 0 Å². The van der Waals surface area contributed by atoms with E-state index >= 15 is 0 Å². The van der Waals surface area contributed by atoms with Crippen LogP contribution in [0.4, 0.5) is 0 Å². The first-order valence-electron chi connectivity index (χ1n) is 4.48. The van der Waals surface area contributed by atoms with Crippen LogP contribution in [0.5, 0.6) is 0 Å². The number of unbranched alkanes of at least 4 members (excludes halogenated alkanes) is 1. The van der Waals surface area contributed by atoms with Gasteiger partial charge in [0.2, 0.25) is 0 Å². The van der Waals surface area contributed by atoms with Crippen molar-refractivity contribution in [2.24, 2.45) is 17.5 Å². The molecule has 0 aliphatic heterocycles. The summed E-state index contributed by atoms with van der Waals surface area (Å²) < 4.78 is 0. The standard InChI is InChI=1S/C8H21N3/c1-2-8(7-11-10)5-3-4-6-9/h8,11H,2-7,9-10H2,1H3. The molecule has 0 radical (unpaired) electrons. The van der Waals surface area contributed by atoms with Gasteiger partial charge in [0.15, 0.2) is 0 Å². The molecule has 0 spiro atoms. The van der Waals surface area contributed by atoms with Gasteiger partial charge in [-0.1, -0.05) is 19.8 Å². The van der Waals surface area contributed by atoms with Gasteiger partial charge in [-0.3, -0.25) is 11.3 Å². The van der Waals surface area contributed by atoms with Crippen LogP contribution in [0, 0.1) is 5.92 Å². The largest absolute Gasteiger partial charge is 0.330 e. The molecule has 0 heterocycles. The van der Waals surface area contributed by atoms with Crippen molar-refractivity contribution in [3.05, 3.63) is 0 Å². The first-order valence-corrected chi connectivity index (χ1v) is 4.48. The van der Waals surface area contributed by atoms with Crippen molar-refractivity contribution in [3.8, 4) is 0 Å². The van der Waals surface area contributed by atoms with Crippen molar-refractivity contribution in [1.82, 2.24) is 5.43 Å². The fraction of sp³-hybridized carbons (Fsp3) is 1.00. The fourth-order valence-electron chi connectivity index (χ4n) is 1.19. The summed E-state index contributed by atoms with van der Waals surface area (Å²) in [6, 6.07) is 0. The third-order valence-electron chi connectivity index (χ3n) is 2.05. The molecule has 1 atom stereocenters. The zero-order valence-electron chi connectivity index (χ0n) is 7.47. The van der Waals surface area contributed by atoms with Gasteiger partial charge in [0, 0.05) is 6.54 Å². The summed E-state index contributed by atoms with van der Waals surface area (Å²) in [7, 11) is 0. The predicted molar refractivity (Wildman–Crippen MR) is 48.9 cm³/mol. The molecule has 3 nitrogen and oxygen atoms in total. The lowest BCUT2D eigenvalue weighted by atomic mass is 9.99. The minimum absolute atomic E-state index is 0.728. The summed E-state index contributed by atoms with van der Waals surface area (Å²) in [6.45, 7) is 3.94. The third kappa shape index (κ3) is 6.28. The highest BCUT2D eigenvalue weighted by Gasteiger charge is 2.03. The topological polar surface area (TPSA) is 64.1 Å². The second-order valence-electron chi connectivity index (χ2n) is 2.97. The van der Waals surface area contributed by atoms with Crippen molar-refractivity contribution >= 4 is 0 Å². The first-order chi connectivity index (χ1) is 5.35. The van der Waals surface area contributed by atoms with Gasteiger partial charge in [-0.2, -0.15) is 0 Å². The Bertz CT molecular complexity index is 75.7. The van der Waals surface area contributed by atoms with Crippen LogP contribution in [0.1, 0.15) is 32.6 Å². The zero-order valence-corrected chi connectivity index (χ0v) is 7.47. The van der Waals surface area contributed by atoms with E-state index in [2.05, 4.69) is 12.3 Å². The molecule has 11 heavy (non-hydrogen) atoms. The fourth-order valence-corrected chi connectivity index (χ4v) is 1.19. The molecule has 0 amide bonds. The van der Waals surface area contributed by atoms with Gasteiger partial charge in [-0.25, -0.2) is 0 Å². The number of hydrogen-bond acceptors (Lipinski definition) is 3. The predicted octanol–water partition coefficient (Wildman–Crippen LogP) is 0.605. The summed E-state index contributed by atoms with van der Waals surface area (Å²) in [5.41, 5.74) is 8.10. The Balaban J connectivity index is 3.20. The smallest absolute Gasteiger partial charge is 0.0126 e. The lowest BCUT2D eigenvalue weighted by Gasteiger charge is -2.12. The Labute approximate surface area is 69.5 Å². The van der Waals surface area contributed by atoms with Crippen LogP contribution in [0.2, 0.25) is 0 Å². The van der Waals surface area contributed by atoms with Gasteiger partial charge in [0.05, 0.1) is 0 Å². The van der Waals surface area contributed by atoms with Crippen LogP contribution in [0.15, 0.2) is 0 Å². The maximum atomic E-state index is 5.39. The molecule has 0 aliphatic carbocycles. The zero-order chi connectivity index (χ0) is 8.53. The molecule has 0 aliphatic rings. The summed E-state index contributed by atoms with van der Waals surface area (Å²) in [4.78, 5) is 0. The summed E-state index contributed by atoms with van der Waals surface area (Å²) in [5.74, 6) is 5.96. The SMILES string of the molecule is CCC(CCCCN)CNN. The molecule has 0 aromatic carbocycles. The van der Waals surface area contributed by atoms with E-state index in [-0.39, 0.29) is 0 Å². The maximum absolute atomic E-state index is 5.39. The summed E-state index contributed by atoms with van der Waals surface area (Å²) >= 11 is 0. The molecular weight excluding hydrogens is 138 g/mol. The van der Waals surface area contributed by atoms with E-state index in [1.54, 1.807) is 0 Å². The summed E-state index contributed by atoms with van der Waals surface area (Å²) in [5, 5.41) is 0. The van der Waals surface area contributed by atoms with Gasteiger partial charge >= 0.3 is 0 Å². The van der Waals surface area contributed by atoms with Crippen molar-refractivity contribution in [2.75, 3.05) is 13.1 Å². The van der Waals surface area contributed by atoms with Crippen LogP contribution in [0.3, 0.4) is 0 Å². The third-order valence-corrected chi connectivity index (χ3v) is 2.05. The van der Waals surface area contributed by atoms with Gasteiger partial charge < -0.3 is 5.73 Å². The molecule has 5 N–H and O–H groups in total. The van der Waals surface area contributed by atoms with Crippen molar-refractivity contribution in [2.45, 2.75) is 32.6 Å². The van der Waals surface area contributed by atoms with Crippen LogP contribution in [-0.4, -0.2) is 13.1 Å². The van der Waals surface area contributed by atoms with E-state index in [1.165, 1.54) is 19.3 Å². The Kier molecular flexibility index (Phi) is 7.89. The van der Waals surface area contributed by atoms with E-state index in [0.29, 0.717) is 0 Å². The highest BCUT2D eigenvalue weighted by Crippen LogP contribution is 2.10. The van der Waals surface area contributed by atoms with E-state index < -0.39 is 0 Å². The Hall–Kier alpha value is -0.120. The van der Waals surface area contributed by atoms with Crippen LogP contribution < -0.4 is 17.0 Å². The number of nitrogens with two attached hydrogens (primary N) is 2. The molecule has 1 unspecified atom stereocenters. The molecule has 0 rings (SSSR count). The van der Waals surface area contributed by atoms with E-state index in [1.807, 2.05) is 0 Å². The second-order valence-corrected chi connectivity index (χ2v) is 2.97. The molecule has 0 saturated heterocycles. The van der Waals surface area contributed by atoms with E-state index in [0.717, 1.165) is 25.4 Å². The molecule has 68 valence electrons. The van der Waals surface area contributed by atoms with Crippen LogP contribution in [0.25, 0.3) is 0 Å². The number of rotatable bonds is 7. The normalized spacial score (nSPS) is 13.4. The van der Waals surface area contributed by atoms with E-state index in [9.17, 15) is 0 Å². The molecular formula is C8H21N3. The number of nitrogens with one attached hydrogen (secondary N) is 1. The molecule has 0 fully saturated rings. The lowest BCUT2D eigenvalue weighted by molar-refractivity contribution is 0.422. The lowest BCUT2D eigenvalue weighted by Crippen LogP contribution is -2.28. The highest BCUT2D eigenvalue weighted by molar-refractivity contribution is 4.58. The summed E-state index contributed by atoms with van der Waals surface area (Å²) in [6.07, 6.45) is 4.82. The van der Waals surface area contributed by atoms with Crippen molar-refractivity contribution in [3.63, 3.8) is 0 Å². The van der Waals surface area contributed by atoms with Gasteiger partial charge in [0.1, 0.15) is 0 Å². The maximum Gasteiger partial charge on any atom is 0.0126 e. The molecule has 0 aromatic heterocycles. The second kappa shape index (κ2) is 7.98. The van der Waals surface area contributed by atoms with Crippen molar-refractivity contribution < 1.29 is 0 Å². The molecule has 0 saturated carbocycles. The monoisotopic (exact) mass is 159 g/mol. The molecule has 3 heteroatoms. The first kappa shape index (κ1) is 10.9. The van der Waals surface area contributed by atoms with Gasteiger partial charge in [-0.05, 0) is 25.3 Å². The Morgan fingerprint density at radius 2 is 2.09 bits per heavy atom. The molecule has 0 aromatic rings.